The van der Waals surface area contributed by atoms with Gasteiger partial charge in [0.1, 0.15) is 5.69 Å². The van der Waals surface area contributed by atoms with Crippen molar-refractivity contribution in [3.63, 3.8) is 0 Å². The van der Waals surface area contributed by atoms with Crippen LogP contribution in [0.2, 0.25) is 0 Å². The molecule has 5 heteroatoms. The molecule has 0 aromatic carbocycles. The number of likely N-dealkylation sites (tertiary alicyclic amines) is 1. The molecule has 1 amide bonds. The minimum Gasteiger partial charge on any atom is -0.463 e. The van der Waals surface area contributed by atoms with E-state index in [2.05, 4.69) is 10.2 Å². The molecule has 2 unspecified atom stereocenters. The Labute approximate surface area is 110 Å². The standard InChI is InChI=1S/C14H15N3O2/c18-14(17-4-3-9-6-10(9)8-17)12-7-11(15-16-12)13-2-1-5-19-13/h1-2,5,7,9-10H,3-4,6,8H2,(H,15,16). The molecule has 0 radical (unpaired) electrons. The number of carbonyl (C=O) groups excluding carboxylic acids is 1. The van der Waals surface area contributed by atoms with Gasteiger partial charge in [-0.05, 0) is 36.8 Å². The van der Waals surface area contributed by atoms with Crippen molar-refractivity contribution in [2.45, 2.75) is 12.8 Å². The third-order valence-electron chi connectivity index (χ3n) is 4.16. The smallest absolute Gasteiger partial charge is 0.274 e. The van der Waals surface area contributed by atoms with Crippen LogP contribution in [0.1, 0.15) is 23.3 Å². The molecule has 2 fully saturated rings. The fourth-order valence-electron chi connectivity index (χ4n) is 2.92. The number of nitrogens with zero attached hydrogens (tertiary/aromatic N) is 2. The number of piperidine rings is 1. The molecule has 4 rings (SSSR count). The summed E-state index contributed by atoms with van der Waals surface area (Å²) in [6.07, 6.45) is 4.05. The van der Waals surface area contributed by atoms with E-state index < -0.39 is 0 Å². The van der Waals surface area contributed by atoms with Crippen molar-refractivity contribution >= 4 is 5.91 Å². The van der Waals surface area contributed by atoms with Crippen molar-refractivity contribution in [3.8, 4) is 11.5 Å². The first-order chi connectivity index (χ1) is 9.31. The number of fused-ring (bicyclic) bond motifs is 1. The highest BCUT2D eigenvalue weighted by atomic mass is 16.3. The molecular weight excluding hydrogens is 242 g/mol. The summed E-state index contributed by atoms with van der Waals surface area (Å²) in [4.78, 5) is 14.3. The van der Waals surface area contributed by atoms with Crippen LogP contribution in [0.5, 0.6) is 0 Å². The molecule has 1 saturated heterocycles. The van der Waals surface area contributed by atoms with E-state index in [0.29, 0.717) is 11.5 Å². The van der Waals surface area contributed by atoms with Crippen LogP contribution in [0.25, 0.3) is 11.5 Å². The van der Waals surface area contributed by atoms with Gasteiger partial charge in [-0.15, -0.1) is 0 Å². The lowest BCUT2D eigenvalue weighted by Gasteiger charge is -2.25. The number of H-pyrrole nitrogens is 1. The molecule has 1 saturated carbocycles. The molecular formula is C14H15N3O2. The average molecular weight is 257 g/mol. The quantitative estimate of drug-likeness (QED) is 0.896. The first-order valence-electron chi connectivity index (χ1n) is 6.70. The number of amides is 1. The van der Waals surface area contributed by atoms with Crippen LogP contribution >= 0.6 is 0 Å². The highest BCUT2D eigenvalue weighted by molar-refractivity contribution is 5.93. The molecule has 2 aromatic rings. The molecule has 0 spiro atoms. The minimum atomic E-state index is 0.0272. The summed E-state index contributed by atoms with van der Waals surface area (Å²) in [7, 11) is 0. The minimum absolute atomic E-state index is 0.0272. The Kier molecular flexibility index (Phi) is 2.27. The van der Waals surface area contributed by atoms with Gasteiger partial charge in [-0.3, -0.25) is 9.89 Å². The summed E-state index contributed by atoms with van der Waals surface area (Å²) in [6, 6.07) is 5.42. The molecule has 2 atom stereocenters. The molecule has 19 heavy (non-hydrogen) atoms. The fraction of sp³-hybridized carbons (Fsp3) is 0.429. The van der Waals surface area contributed by atoms with Gasteiger partial charge < -0.3 is 9.32 Å². The molecule has 5 nitrogen and oxygen atoms in total. The van der Waals surface area contributed by atoms with Crippen molar-refractivity contribution in [2.75, 3.05) is 13.1 Å². The van der Waals surface area contributed by atoms with Crippen molar-refractivity contribution in [1.29, 1.82) is 0 Å². The molecule has 0 bridgehead atoms. The highest BCUT2D eigenvalue weighted by Crippen LogP contribution is 2.44. The van der Waals surface area contributed by atoms with E-state index in [4.69, 9.17) is 4.42 Å². The Balaban J connectivity index is 1.53. The summed E-state index contributed by atoms with van der Waals surface area (Å²) in [5.74, 6) is 2.34. The van der Waals surface area contributed by atoms with Crippen molar-refractivity contribution in [2.24, 2.45) is 11.8 Å². The summed E-state index contributed by atoms with van der Waals surface area (Å²) in [5, 5.41) is 6.97. The van der Waals surface area contributed by atoms with Gasteiger partial charge in [-0.2, -0.15) is 5.10 Å². The molecule has 2 aromatic heterocycles. The van der Waals surface area contributed by atoms with Gasteiger partial charge in [-0.1, -0.05) is 0 Å². The average Bonchev–Trinajstić information content (AvgIpc) is 2.84. The van der Waals surface area contributed by atoms with E-state index in [1.165, 1.54) is 6.42 Å². The Morgan fingerprint density at radius 1 is 1.47 bits per heavy atom. The van der Waals surface area contributed by atoms with E-state index >= 15 is 0 Å². The highest BCUT2D eigenvalue weighted by Gasteiger charge is 2.42. The Hall–Kier alpha value is -2.04. The maximum Gasteiger partial charge on any atom is 0.274 e. The lowest BCUT2D eigenvalue weighted by atomic mass is 10.1. The lowest BCUT2D eigenvalue weighted by Crippen LogP contribution is -2.37. The molecule has 3 heterocycles. The van der Waals surface area contributed by atoms with Crippen LogP contribution in [0.3, 0.4) is 0 Å². The van der Waals surface area contributed by atoms with Crippen molar-refractivity contribution < 1.29 is 9.21 Å². The third kappa shape index (κ3) is 1.85. The number of aromatic nitrogens is 2. The molecule has 1 N–H and O–H groups in total. The number of rotatable bonds is 2. The predicted molar refractivity (Wildman–Crippen MR) is 68.4 cm³/mol. The van der Waals surface area contributed by atoms with Gasteiger partial charge >= 0.3 is 0 Å². The number of aromatic amines is 1. The monoisotopic (exact) mass is 257 g/mol. The van der Waals surface area contributed by atoms with Crippen LogP contribution in [-0.2, 0) is 0 Å². The van der Waals surface area contributed by atoms with E-state index in [1.807, 2.05) is 17.0 Å². The molecule has 2 aliphatic rings. The van der Waals surface area contributed by atoms with E-state index in [0.717, 1.165) is 37.0 Å². The van der Waals surface area contributed by atoms with E-state index in [9.17, 15) is 4.79 Å². The largest absolute Gasteiger partial charge is 0.463 e. The Morgan fingerprint density at radius 3 is 3.21 bits per heavy atom. The molecule has 1 aliphatic carbocycles. The number of hydrogen-bond acceptors (Lipinski definition) is 3. The molecule has 98 valence electrons. The van der Waals surface area contributed by atoms with Crippen LogP contribution in [0.15, 0.2) is 28.9 Å². The third-order valence-corrected chi connectivity index (χ3v) is 4.16. The van der Waals surface area contributed by atoms with Crippen LogP contribution in [0.4, 0.5) is 0 Å². The van der Waals surface area contributed by atoms with Gasteiger partial charge in [0.05, 0.1) is 6.26 Å². The van der Waals surface area contributed by atoms with E-state index in [1.54, 1.807) is 12.3 Å². The zero-order valence-electron chi connectivity index (χ0n) is 10.5. The van der Waals surface area contributed by atoms with Crippen LogP contribution < -0.4 is 0 Å². The second-order valence-electron chi connectivity index (χ2n) is 5.44. The van der Waals surface area contributed by atoms with E-state index in [-0.39, 0.29) is 5.91 Å². The SMILES string of the molecule is O=C(c1cc(-c2ccco2)[nH]n1)N1CCC2CC2C1. The van der Waals surface area contributed by atoms with Gasteiger partial charge in [-0.25, -0.2) is 0 Å². The van der Waals surface area contributed by atoms with Gasteiger partial charge in [0.15, 0.2) is 11.5 Å². The Morgan fingerprint density at radius 2 is 2.42 bits per heavy atom. The normalized spacial score (nSPS) is 25.2. The first-order valence-corrected chi connectivity index (χ1v) is 6.70. The number of furan rings is 1. The lowest BCUT2D eigenvalue weighted by molar-refractivity contribution is 0.0710. The van der Waals surface area contributed by atoms with Crippen LogP contribution in [0, 0.1) is 11.8 Å². The van der Waals surface area contributed by atoms with Crippen molar-refractivity contribution in [1.82, 2.24) is 15.1 Å². The zero-order chi connectivity index (χ0) is 12.8. The summed E-state index contributed by atoms with van der Waals surface area (Å²) in [5.41, 5.74) is 1.22. The summed E-state index contributed by atoms with van der Waals surface area (Å²) in [6.45, 7) is 1.76. The first kappa shape index (κ1) is 10.8. The fourth-order valence-corrected chi connectivity index (χ4v) is 2.92. The number of nitrogens with one attached hydrogen (secondary N) is 1. The maximum atomic E-state index is 12.4. The van der Waals surface area contributed by atoms with Gasteiger partial charge in [0.25, 0.3) is 5.91 Å². The van der Waals surface area contributed by atoms with Gasteiger partial charge in [0, 0.05) is 19.2 Å². The summed E-state index contributed by atoms with van der Waals surface area (Å²) >= 11 is 0. The van der Waals surface area contributed by atoms with Crippen LogP contribution in [-0.4, -0.2) is 34.1 Å². The predicted octanol–water partition coefficient (Wildman–Crippen LogP) is 2.15. The topological polar surface area (TPSA) is 62.1 Å². The Bertz CT molecular complexity index is 602. The second-order valence-corrected chi connectivity index (χ2v) is 5.44. The van der Waals surface area contributed by atoms with Crippen molar-refractivity contribution in [3.05, 3.63) is 30.2 Å². The zero-order valence-corrected chi connectivity index (χ0v) is 10.5. The summed E-state index contributed by atoms with van der Waals surface area (Å²) < 4.78 is 5.29. The number of hydrogen-bond donors (Lipinski definition) is 1. The number of carbonyl (C=O) groups is 1. The van der Waals surface area contributed by atoms with Gasteiger partial charge in [0.2, 0.25) is 0 Å². The maximum absolute atomic E-state index is 12.4. The molecule has 1 aliphatic heterocycles. The second kappa shape index (κ2) is 3.98.